The van der Waals surface area contributed by atoms with E-state index in [4.69, 9.17) is 17.3 Å². The third-order valence-corrected chi connectivity index (χ3v) is 3.36. The van der Waals surface area contributed by atoms with Crippen molar-refractivity contribution in [1.29, 1.82) is 0 Å². The lowest BCUT2D eigenvalue weighted by atomic mass is 10.2. The summed E-state index contributed by atoms with van der Waals surface area (Å²) in [5, 5.41) is 7.18. The summed E-state index contributed by atoms with van der Waals surface area (Å²) in [4.78, 5) is 12.7. The van der Waals surface area contributed by atoms with Gasteiger partial charge in [0.2, 0.25) is 11.9 Å². The van der Waals surface area contributed by atoms with Gasteiger partial charge in [-0.25, -0.2) is 0 Å². The van der Waals surface area contributed by atoms with Crippen molar-refractivity contribution in [2.45, 2.75) is 12.5 Å². The number of nitrogens with one attached hydrogen (secondary N) is 2. The van der Waals surface area contributed by atoms with Gasteiger partial charge < -0.3 is 16.4 Å². The summed E-state index contributed by atoms with van der Waals surface area (Å²) in [6.07, 6.45) is 1.04. The number of nitrogens with two attached hydrogens (primary N) is 1. The van der Waals surface area contributed by atoms with Crippen molar-refractivity contribution < 1.29 is 0 Å². The minimum absolute atomic E-state index is 0.198. The van der Waals surface area contributed by atoms with Gasteiger partial charge in [0.05, 0.1) is 0 Å². The predicted octanol–water partition coefficient (Wildman–Crippen LogP) is 1.55. The van der Waals surface area contributed by atoms with Crippen LogP contribution in [0.4, 0.5) is 11.9 Å². The van der Waals surface area contributed by atoms with Gasteiger partial charge in [-0.1, -0.05) is 23.7 Å². The molecule has 1 saturated heterocycles. The van der Waals surface area contributed by atoms with Crippen molar-refractivity contribution in [2.75, 3.05) is 24.1 Å². The highest BCUT2D eigenvalue weighted by molar-refractivity contribution is 6.30. The van der Waals surface area contributed by atoms with Crippen LogP contribution >= 0.6 is 11.6 Å². The van der Waals surface area contributed by atoms with E-state index < -0.39 is 0 Å². The quantitative estimate of drug-likeness (QED) is 0.795. The fourth-order valence-electron chi connectivity index (χ4n) is 2.17. The molecule has 0 aliphatic carbocycles. The Morgan fingerprint density at radius 2 is 2.20 bits per heavy atom. The highest BCUT2D eigenvalue weighted by Crippen LogP contribution is 2.21. The Morgan fingerprint density at radius 1 is 1.30 bits per heavy atom. The SMILES string of the molecule is Nc1nc(NC2CCNC2)nc(-c2cccc(Cl)c2)n1. The molecule has 1 unspecified atom stereocenters. The van der Waals surface area contributed by atoms with Crippen LogP contribution in [0.15, 0.2) is 24.3 Å². The van der Waals surface area contributed by atoms with Crippen LogP contribution in [0.3, 0.4) is 0 Å². The third-order valence-electron chi connectivity index (χ3n) is 3.13. The Balaban J connectivity index is 1.89. The standard InChI is InChI=1S/C13H15ClN6/c14-9-3-1-2-8(6-9)11-18-12(15)20-13(19-11)17-10-4-5-16-7-10/h1-3,6,10,16H,4-5,7H2,(H3,15,17,18,19,20). The molecule has 0 spiro atoms. The van der Waals surface area contributed by atoms with Gasteiger partial charge in [0, 0.05) is 23.2 Å². The van der Waals surface area contributed by atoms with Gasteiger partial charge in [0.25, 0.3) is 0 Å². The monoisotopic (exact) mass is 290 g/mol. The molecule has 2 aromatic rings. The number of benzene rings is 1. The number of halogens is 1. The molecule has 1 aromatic carbocycles. The summed E-state index contributed by atoms with van der Waals surface area (Å²) in [5.74, 6) is 1.22. The highest BCUT2D eigenvalue weighted by Gasteiger charge is 2.16. The van der Waals surface area contributed by atoms with E-state index in [1.165, 1.54) is 0 Å². The molecule has 1 aliphatic heterocycles. The molecular weight excluding hydrogens is 276 g/mol. The van der Waals surface area contributed by atoms with Gasteiger partial charge in [-0.15, -0.1) is 0 Å². The van der Waals surface area contributed by atoms with Crippen molar-refractivity contribution >= 4 is 23.5 Å². The number of nitrogens with zero attached hydrogens (tertiary/aromatic N) is 3. The number of hydrogen-bond acceptors (Lipinski definition) is 6. The summed E-state index contributed by atoms with van der Waals surface area (Å²) < 4.78 is 0. The number of anilines is 2. The van der Waals surface area contributed by atoms with E-state index in [1.54, 1.807) is 12.1 Å². The molecule has 3 rings (SSSR count). The zero-order valence-electron chi connectivity index (χ0n) is 10.8. The van der Waals surface area contributed by atoms with E-state index >= 15 is 0 Å². The van der Waals surface area contributed by atoms with Crippen LogP contribution in [0.2, 0.25) is 5.02 Å². The van der Waals surface area contributed by atoms with Crippen LogP contribution in [0.5, 0.6) is 0 Å². The van der Waals surface area contributed by atoms with E-state index in [2.05, 4.69) is 25.6 Å². The minimum atomic E-state index is 0.198. The van der Waals surface area contributed by atoms with Crippen molar-refractivity contribution in [2.24, 2.45) is 0 Å². The second-order valence-corrected chi connectivity index (χ2v) is 5.12. The van der Waals surface area contributed by atoms with Crippen LogP contribution in [0, 0.1) is 0 Å². The molecule has 0 saturated carbocycles. The molecule has 0 amide bonds. The van der Waals surface area contributed by atoms with Crippen LogP contribution in [-0.2, 0) is 0 Å². The average Bonchev–Trinajstić information content (AvgIpc) is 2.91. The highest BCUT2D eigenvalue weighted by atomic mass is 35.5. The molecule has 1 atom stereocenters. The van der Waals surface area contributed by atoms with Gasteiger partial charge in [-0.05, 0) is 25.1 Å². The summed E-state index contributed by atoms with van der Waals surface area (Å²) in [7, 11) is 0. The van der Waals surface area contributed by atoms with Crippen LogP contribution in [0.25, 0.3) is 11.4 Å². The maximum Gasteiger partial charge on any atom is 0.228 e. The van der Waals surface area contributed by atoms with Crippen molar-refractivity contribution in [3.63, 3.8) is 0 Å². The van der Waals surface area contributed by atoms with Crippen molar-refractivity contribution in [3.8, 4) is 11.4 Å². The fraction of sp³-hybridized carbons (Fsp3) is 0.308. The lowest BCUT2D eigenvalue weighted by molar-refractivity contribution is 0.779. The first-order chi connectivity index (χ1) is 9.70. The van der Waals surface area contributed by atoms with E-state index in [0.717, 1.165) is 25.1 Å². The van der Waals surface area contributed by atoms with Crippen molar-refractivity contribution in [3.05, 3.63) is 29.3 Å². The summed E-state index contributed by atoms with van der Waals surface area (Å²) in [6.45, 7) is 1.90. The summed E-state index contributed by atoms with van der Waals surface area (Å²) >= 11 is 5.99. The third kappa shape index (κ3) is 2.97. The molecule has 0 bridgehead atoms. The zero-order chi connectivity index (χ0) is 13.9. The summed E-state index contributed by atoms with van der Waals surface area (Å²) in [6, 6.07) is 7.67. The second kappa shape index (κ2) is 5.60. The Hall–Kier alpha value is -1.92. The molecule has 7 heteroatoms. The number of aromatic nitrogens is 3. The zero-order valence-corrected chi connectivity index (χ0v) is 11.6. The Labute approximate surface area is 121 Å². The topological polar surface area (TPSA) is 88.8 Å². The molecule has 0 radical (unpaired) electrons. The minimum Gasteiger partial charge on any atom is -0.368 e. The van der Waals surface area contributed by atoms with Crippen LogP contribution in [-0.4, -0.2) is 34.1 Å². The smallest absolute Gasteiger partial charge is 0.228 e. The molecule has 1 fully saturated rings. The number of rotatable bonds is 3. The number of hydrogen-bond donors (Lipinski definition) is 3. The maximum atomic E-state index is 5.99. The van der Waals surface area contributed by atoms with Gasteiger partial charge in [-0.3, -0.25) is 0 Å². The molecular formula is C13H15ClN6. The van der Waals surface area contributed by atoms with Gasteiger partial charge in [0.15, 0.2) is 5.82 Å². The molecule has 1 aromatic heterocycles. The Morgan fingerprint density at radius 3 is 2.95 bits per heavy atom. The lowest BCUT2D eigenvalue weighted by Crippen LogP contribution is -2.23. The first-order valence-corrected chi connectivity index (χ1v) is 6.83. The largest absolute Gasteiger partial charge is 0.368 e. The second-order valence-electron chi connectivity index (χ2n) is 4.69. The molecule has 6 nitrogen and oxygen atoms in total. The molecule has 2 heterocycles. The average molecular weight is 291 g/mol. The Kier molecular flexibility index (Phi) is 3.66. The van der Waals surface area contributed by atoms with E-state index in [-0.39, 0.29) is 5.95 Å². The van der Waals surface area contributed by atoms with Gasteiger partial charge in [-0.2, -0.15) is 15.0 Å². The van der Waals surface area contributed by atoms with Gasteiger partial charge >= 0.3 is 0 Å². The van der Waals surface area contributed by atoms with Crippen molar-refractivity contribution in [1.82, 2.24) is 20.3 Å². The van der Waals surface area contributed by atoms with E-state index in [1.807, 2.05) is 12.1 Å². The first kappa shape index (κ1) is 13.1. The number of nitrogen functional groups attached to an aromatic ring is 1. The van der Waals surface area contributed by atoms with Crippen LogP contribution < -0.4 is 16.4 Å². The fourth-order valence-corrected chi connectivity index (χ4v) is 2.36. The predicted molar refractivity (Wildman–Crippen MR) is 79.6 cm³/mol. The van der Waals surface area contributed by atoms with Crippen LogP contribution in [0.1, 0.15) is 6.42 Å². The molecule has 4 N–H and O–H groups in total. The summed E-state index contributed by atoms with van der Waals surface area (Å²) in [5.41, 5.74) is 6.58. The molecule has 104 valence electrons. The Bertz CT molecular complexity index is 612. The molecule has 20 heavy (non-hydrogen) atoms. The van der Waals surface area contributed by atoms with E-state index in [9.17, 15) is 0 Å². The maximum absolute atomic E-state index is 5.99. The van der Waals surface area contributed by atoms with E-state index in [0.29, 0.717) is 22.8 Å². The molecule has 1 aliphatic rings. The first-order valence-electron chi connectivity index (χ1n) is 6.45. The normalized spacial score (nSPS) is 18.1. The van der Waals surface area contributed by atoms with Gasteiger partial charge in [0.1, 0.15) is 0 Å². The lowest BCUT2D eigenvalue weighted by Gasteiger charge is -2.12.